The second kappa shape index (κ2) is 8.33. The van der Waals surface area contributed by atoms with Gasteiger partial charge in [-0.3, -0.25) is 9.59 Å². The lowest BCUT2D eigenvalue weighted by Crippen LogP contribution is -2.54. The lowest BCUT2D eigenvalue weighted by molar-refractivity contribution is -0.139. The number of hydrogen-bond acceptors (Lipinski definition) is 3. The van der Waals surface area contributed by atoms with E-state index in [2.05, 4.69) is 5.32 Å². The van der Waals surface area contributed by atoms with Crippen LogP contribution < -0.4 is 11.1 Å². The van der Waals surface area contributed by atoms with Gasteiger partial charge in [-0.1, -0.05) is 25.5 Å². The molecule has 140 valence electrons. The van der Waals surface area contributed by atoms with Crippen LogP contribution in [-0.4, -0.2) is 35.3 Å². The zero-order chi connectivity index (χ0) is 19.3. The van der Waals surface area contributed by atoms with E-state index in [1.165, 1.54) is 23.1 Å². The normalized spacial score (nSPS) is 13.9. The minimum Gasteiger partial charge on any atom is -0.332 e. The third-order valence-electron chi connectivity index (χ3n) is 3.77. The molecule has 1 rings (SSSR count). The van der Waals surface area contributed by atoms with Crippen molar-refractivity contribution in [3.05, 3.63) is 29.8 Å². The summed E-state index contributed by atoms with van der Waals surface area (Å²) in [4.78, 5) is 25.8. The van der Waals surface area contributed by atoms with Gasteiger partial charge in [0.05, 0.1) is 23.3 Å². The Hall–Kier alpha value is -2.09. The molecule has 0 aliphatic rings. The van der Waals surface area contributed by atoms with Gasteiger partial charge in [0.15, 0.2) is 0 Å². The molecule has 0 aromatic heterocycles. The van der Waals surface area contributed by atoms with Crippen molar-refractivity contribution in [2.24, 2.45) is 5.73 Å². The number of anilines is 1. The third-order valence-corrected chi connectivity index (χ3v) is 3.77. The van der Waals surface area contributed by atoms with Crippen LogP contribution in [0.1, 0.15) is 39.2 Å². The molecule has 8 heteroatoms. The van der Waals surface area contributed by atoms with Crippen molar-refractivity contribution in [2.45, 2.75) is 45.3 Å². The van der Waals surface area contributed by atoms with Gasteiger partial charge in [-0.25, -0.2) is 0 Å². The van der Waals surface area contributed by atoms with Gasteiger partial charge < -0.3 is 16.0 Å². The predicted octanol–water partition coefficient (Wildman–Crippen LogP) is 3.01. The number of halogens is 3. The standard InChI is InChI=1S/C17H24F3N3O2/c1-4-10-16(3,21)15(25)23(5-2)11-14(24)22-13-9-7-6-8-12(13)17(18,19)20/h6-9H,4-5,10-11,21H2,1-3H3,(H,22,24). The van der Waals surface area contributed by atoms with Gasteiger partial charge in [0.2, 0.25) is 11.8 Å². The van der Waals surface area contributed by atoms with Gasteiger partial charge in [-0.15, -0.1) is 0 Å². The van der Waals surface area contributed by atoms with Crippen LogP contribution in [0, 0.1) is 0 Å². The minimum atomic E-state index is -4.58. The molecule has 0 spiro atoms. The third kappa shape index (κ3) is 5.74. The topological polar surface area (TPSA) is 75.4 Å². The van der Waals surface area contributed by atoms with Gasteiger partial charge in [0, 0.05) is 6.54 Å². The van der Waals surface area contributed by atoms with Gasteiger partial charge in [0.1, 0.15) is 0 Å². The number of carbonyl (C=O) groups excluding carboxylic acids is 2. The smallest absolute Gasteiger partial charge is 0.332 e. The Morgan fingerprint density at radius 2 is 1.80 bits per heavy atom. The van der Waals surface area contributed by atoms with Crippen molar-refractivity contribution in [3.8, 4) is 0 Å². The molecule has 2 amide bonds. The van der Waals surface area contributed by atoms with E-state index in [4.69, 9.17) is 5.73 Å². The molecule has 25 heavy (non-hydrogen) atoms. The van der Waals surface area contributed by atoms with Crippen LogP contribution in [0.4, 0.5) is 18.9 Å². The van der Waals surface area contributed by atoms with Crippen LogP contribution in [0.5, 0.6) is 0 Å². The number of likely N-dealkylation sites (N-methyl/N-ethyl adjacent to an activating group) is 1. The number of para-hydroxylation sites is 1. The molecule has 0 saturated carbocycles. The summed E-state index contributed by atoms with van der Waals surface area (Å²) in [5.74, 6) is -1.12. The van der Waals surface area contributed by atoms with Crippen LogP contribution in [0.2, 0.25) is 0 Å². The Balaban J connectivity index is 2.87. The van der Waals surface area contributed by atoms with E-state index in [1.54, 1.807) is 13.8 Å². The van der Waals surface area contributed by atoms with E-state index in [0.717, 1.165) is 6.07 Å². The van der Waals surface area contributed by atoms with E-state index < -0.39 is 29.1 Å². The molecular formula is C17H24F3N3O2. The number of carbonyl (C=O) groups is 2. The fraction of sp³-hybridized carbons (Fsp3) is 0.529. The summed E-state index contributed by atoms with van der Waals surface area (Å²) in [5.41, 5.74) is 3.59. The number of nitrogens with one attached hydrogen (secondary N) is 1. The largest absolute Gasteiger partial charge is 0.418 e. The van der Waals surface area contributed by atoms with Crippen LogP contribution in [0.15, 0.2) is 24.3 Å². The van der Waals surface area contributed by atoms with Gasteiger partial charge in [0.25, 0.3) is 0 Å². The molecule has 1 unspecified atom stereocenters. The van der Waals surface area contributed by atoms with E-state index in [-0.39, 0.29) is 18.8 Å². The summed E-state index contributed by atoms with van der Waals surface area (Å²) >= 11 is 0. The second-order valence-corrected chi connectivity index (χ2v) is 6.08. The lowest BCUT2D eigenvalue weighted by atomic mass is 9.95. The first-order chi connectivity index (χ1) is 11.5. The van der Waals surface area contributed by atoms with Crippen molar-refractivity contribution in [3.63, 3.8) is 0 Å². The highest BCUT2D eigenvalue weighted by Gasteiger charge is 2.34. The Labute approximate surface area is 145 Å². The Bertz CT molecular complexity index is 615. The molecule has 5 nitrogen and oxygen atoms in total. The van der Waals surface area contributed by atoms with Crippen molar-refractivity contribution < 1.29 is 22.8 Å². The molecular weight excluding hydrogens is 335 g/mol. The van der Waals surface area contributed by atoms with Crippen LogP contribution in [0.3, 0.4) is 0 Å². The zero-order valence-corrected chi connectivity index (χ0v) is 14.6. The zero-order valence-electron chi connectivity index (χ0n) is 14.6. The molecule has 0 aliphatic carbocycles. The van der Waals surface area contributed by atoms with Crippen molar-refractivity contribution in [2.75, 3.05) is 18.4 Å². The maximum atomic E-state index is 13.0. The Morgan fingerprint density at radius 3 is 2.32 bits per heavy atom. The Morgan fingerprint density at radius 1 is 1.20 bits per heavy atom. The first-order valence-electron chi connectivity index (χ1n) is 8.07. The van der Waals surface area contributed by atoms with Crippen molar-refractivity contribution >= 4 is 17.5 Å². The first-order valence-corrected chi connectivity index (χ1v) is 8.07. The van der Waals surface area contributed by atoms with Gasteiger partial charge in [-0.05, 0) is 32.4 Å². The van der Waals surface area contributed by atoms with Gasteiger partial charge in [-0.2, -0.15) is 13.2 Å². The van der Waals surface area contributed by atoms with E-state index in [0.29, 0.717) is 12.8 Å². The summed E-state index contributed by atoms with van der Waals surface area (Å²) in [6.45, 7) is 5.01. The number of alkyl halides is 3. The van der Waals surface area contributed by atoms with E-state index >= 15 is 0 Å². The maximum absolute atomic E-state index is 13.0. The summed E-state index contributed by atoms with van der Waals surface area (Å²) < 4.78 is 38.9. The quantitative estimate of drug-likeness (QED) is 0.786. The molecule has 0 aliphatic heterocycles. The van der Waals surface area contributed by atoms with E-state index in [9.17, 15) is 22.8 Å². The summed E-state index contributed by atoms with van der Waals surface area (Å²) in [6.07, 6.45) is -3.44. The molecule has 0 fully saturated rings. The molecule has 0 heterocycles. The summed E-state index contributed by atoms with van der Waals surface area (Å²) in [7, 11) is 0. The number of benzene rings is 1. The molecule has 0 saturated heterocycles. The number of nitrogens with two attached hydrogens (primary N) is 1. The number of hydrogen-bond donors (Lipinski definition) is 2. The highest BCUT2D eigenvalue weighted by molar-refractivity contribution is 5.96. The minimum absolute atomic E-state index is 0.226. The van der Waals surface area contributed by atoms with Crippen molar-refractivity contribution in [1.82, 2.24) is 4.90 Å². The SMILES string of the molecule is CCCC(C)(N)C(=O)N(CC)CC(=O)Nc1ccccc1C(F)(F)F. The first kappa shape index (κ1) is 21.0. The summed E-state index contributed by atoms with van der Waals surface area (Å²) in [6, 6.07) is 4.69. The molecule has 1 atom stereocenters. The average Bonchev–Trinajstić information content (AvgIpc) is 2.51. The van der Waals surface area contributed by atoms with Gasteiger partial charge >= 0.3 is 6.18 Å². The monoisotopic (exact) mass is 359 g/mol. The van der Waals surface area contributed by atoms with Crippen LogP contribution >= 0.6 is 0 Å². The second-order valence-electron chi connectivity index (χ2n) is 6.08. The highest BCUT2D eigenvalue weighted by atomic mass is 19.4. The predicted molar refractivity (Wildman–Crippen MR) is 89.8 cm³/mol. The average molecular weight is 359 g/mol. The maximum Gasteiger partial charge on any atom is 0.418 e. The number of rotatable bonds is 7. The van der Waals surface area contributed by atoms with Crippen LogP contribution in [-0.2, 0) is 15.8 Å². The molecule has 0 bridgehead atoms. The highest BCUT2D eigenvalue weighted by Crippen LogP contribution is 2.34. The fourth-order valence-electron chi connectivity index (χ4n) is 2.52. The van der Waals surface area contributed by atoms with E-state index in [1.807, 2.05) is 6.92 Å². The summed E-state index contributed by atoms with van der Waals surface area (Å²) in [5, 5.41) is 2.23. The Kier molecular flexibility index (Phi) is 6.98. The van der Waals surface area contributed by atoms with Crippen LogP contribution in [0.25, 0.3) is 0 Å². The number of nitrogens with zero attached hydrogens (tertiary/aromatic N) is 1. The fourth-order valence-corrected chi connectivity index (χ4v) is 2.52. The number of amides is 2. The molecule has 0 radical (unpaired) electrons. The lowest BCUT2D eigenvalue weighted by Gasteiger charge is -2.30. The van der Waals surface area contributed by atoms with Crippen molar-refractivity contribution in [1.29, 1.82) is 0 Å². The molecule has 3 N–H and O–H groups in total. The molecule has 1 aromatic rings. The molecule has 1 aromatic carbocycles.